The zero-order chi connectivity index (χ0) is 22.9. The number of ether oxygens (including phenoxy) is 2. The molecule has 0 aliphatic heterocycles. The van der Waals surface area contributed by atoms with Crippen molar-refractivity contribution < 1.29 is 19.1 Å². The van der Waals surface area contributed by atoms with Gasteiger partial charge in [0.2, 0.25) is 5.91 Å². The average molecular weight is 452 g/mol. The molecule has 0 fully saturated rings. The predicted octanol–water partition coefficient (Wildman–Crippen LogP) is 5.65. The van der Waals surface area contributed by atoms with Gasteiger partial charge in [0, 0.05) is 23.1 Å². The standard InChI is InChI=1S/C24H22ClN3O4/c1-31-21-15-16(14-20(25)23(21)32-2)8-13-22(29)26-18-9-11-19(12-10-18)28-24(30)27-17-6-4-3-5-7-17/h3-15H,1-2H3,(H,26,29)(H2,27,28,30)/b13-8+. The maximum atomic E-state index is 12.2. The van der Waals surface area contributed by atoms with Crippen molar-refractivity contribution in [1.29, 1.82) is 0 Å². The summed E-state index contributed by atoms with van der Waals surface area (Å²) in [5.74, 6) is 0.583. The number of amides is 3. The smallest absolute Gasteiger partial charge is 0.323 e. The van der Waals surface area contributed by atoms with E-state index < -0.39 is 0 Å². The number of anilines is 3. The number of benzene rings is 3. The van der Waals surface area contributed by atoms with Crippen LogP contribution in [0.25, 0.3) is 6.08 Å². The molecule has 0 radical (unpaired) electrons. The molecule has 3 aromatic rings. The molecule has 8 heteroatoms. The molecule has 0 saturated carbocycles. The van der Waals surface area contributed by atoms with Crippen LogP contribution in [0.5, 0.6) is 11.5 Å². The van der Waals surface area contributed by atoms with E-state index in [1.54, 1.807) is 54.6 Å². The first-order chi connectivity index (χ1) is 15.5. The molecule has 3 rings (SSSR count). The fraction of sp³-hybridized carbons (Fsp3) is 0.0833. The first-order valence-corrected chi connectivity index (χ1v) is 10.00. The number of urea groups is 1. The highest BCUT2D eigenvalue weighted by atomic mass is 35.5. The van der Waals surface area contributed by atoms with E-state index in [1.165, 1.54) is 20.3 Å². The molecule has 3 aromatic carbocycles. The Balaban J connectivity index is 1.56. The molecule has 0 unspecified atom stereocenters. The van der Waals surface area contributed by atoms with Gasteiger partial charge in [0.15, 0.2) is 11.5 Å². The topological polar surface area (TPSA) is 88.7 Å². The highest BCUT2D eigenvalue weighted by Gasteiger charge is 2.10. The lowest BCUT2D eigenvalue weighted by molar-refractivity contribution is -0.111. The van der Waals surface area contributed by atoms with Gasteiger partial charge < -0.3 is 25.4 Å². The fourth-order valence-electron chi connectivity index (χ4n) is 2.84. The number of nitrogens with one attached hydrogen (secondary N) is 3. The SMILES string of the molecule is COc1cc(/C=C/C(=O)Nc2ccc(NC(=O)Nc3ccccc3)cc2)cc(Cl)c1OC. The Labute approximate surface area is 191 Å². The predicted molar refractivity (Wildman–Crippen MR) is 128 cm³/mol. The van der Waals surface area contributed by atoms with Gasteiger partial charge in [0.25, 0.3) is 0 Å². The molecule has 3 N–H and O–H groups in total. The monoisotopic (exact) mass is 451 g/mol. The Morgan fingerprint density at radius 3 is 2.00 bits per heavy atom. The molecule has 0 heterocycles. The van der Waals surface area contributed by atoms with Gasteiger partial charge in [0.1, 0.15) is 0 Å². The van der Waals surface area contributed by atoms with Crippen LogP contribution in [0.4, 0.5) is 21.9 Å². The summed E-state index contributed by atoms with van der Waals surface area (Å²) in [4.78, 5) is 24.3. The number of para-hydroxylation sites is 1. The van der Waals surface area contributed by atoms with Gasteiger partial charge in [-0.15, -0.1) is 0 Å². The molecule has 0 aliphatic carbocycles. The number of rotatable bonds is 7. The lowest BCUT2D eigenvalue weighted by atomic mass is 10.2. The molecule has 0 saturated heterocycles. The van der Waals surface area contributed by atoms with Crippen LogP contribution in [0.15, 0.2) is 72.8 Å². The van der Waals surface area contributed by atoms with Gasteiger partial charge in [0.05, 0.1) is 19.2 Å². The molecule has 0 aliphatic rings. The first kappa shape index (κ1) is 22.7. The van der Waals surface area contributed by atoms with E-state index >= 15 is 0 Å². The van der Waals surface area contributed by atoms with Gasteiger partial charge in [-0.05, 0) is 60.2 Å². The summed E-state index contributed by atoms with van der Waals surface area (Å²) in [5.41, 5.74) is 2.55. The lowest BCUT2D eigenvalue weighted by Gasteiger charge is -2.10. The largest absolute Gasteiger partial charge is 0.493 e. The third kappa shape index (κ3) is 6.26. The van der Waals surface area contributed by atoms with Crippen molar-refractivity contribution in [2.45, 2.75) is 0 Å². The van der Waals surface area contributed by atoms with Crippen molar-refractivity contribution in [2.75, 3.05) is 30.2 Å². The second kappa shape index (κ2) is 10.9. The maximum Gasteiger partial charge on any atom is 0.323 e. The number of hydrogen-bond donors (Lipinski definition) is 3. The number of halogens is 1. The van der Waals surface area contributed by atoms with Crippen LogP contribution < -0.4 is 25.4 Å². The van der Waals surface area contributed by atoms with E-state index in [2.05, 4.69) is 16.0 Å². The van der Waals surface area contributed by atoms with E-state index in [0.29, 0.717) is 39.1 Å². The summed E-state index contributed by atoms with van der Waals surface area (Å²) < 4.78 is 10.5. The van der Waals surface area contributed by atoms with Crippen molar-refractivity contribution in [3.63, 3.8) is 0 Å². The highest BCUT2D eigenvalue weighted by molar-refractivity contribution is 6.32. The Morgan fingerprint density at radius 2 is 1.41 bits per heavy atom. The lowest BCUT2D eigenvalue weighted by Crippen LogP contribution is -2.19. The molecule has 0 atom stereocenters. The molecule has 0 spiro atoms. The Hall–Kier alpha value is -3.97. The van der Waals surface area contributed by atoms with E-state index in [4.69, 9.17) is 21.1 Å². The van der Waals surface area contributed by atoms with Crippen LogP contribution in [0.3, 0.4) is 0 Å². The van der Waals surface area contributed by atoms with E-state index in [0.717, 1.165) is 0 Å². The molecule has 0 aromatic heterocycles. The van der Waals surface area contributed by atoms with Gasteiger partial charge in [-0.3, -0.25) is 4.79 Å². The minimum Gasteiger partial charge on any atom is -0.493 e. The van der Waals surface area contributed by atoms with Crippen molar-refractivity contribution in [3.05, 3.63) is 83.4 Å². The fourth-order valence-corrected chi connectivity index (χ4v) is 3.14. The molecule has 0 bridgehead atoms. The van der Waals surface area contributed by atoms with Crippen molar-refractivity contribution in [2.24, 2.45) is 0 Å². The van der Waals surface area contributed by atoms with E-state index in [1.807, 2.05) is 18.2 Å². The van der Waals surface area contributed by atoms with Crippen LogP contribution in [-0.4, -0.2) is 26.2 Å². The third-order valence-electron chi connectivity index (χ3n) is 4.33. The zero-order valence-electron chi connectivity index (χ0n) is 17.5. The summed E-state index contributed by atoms with van der Waals surface area (Å²) in [7, 11) is 3.02. The van der Waals surface area contributed by atoms with Crippen LogP contribution in [0.2, 0.25) is 5.02 Å². The van der Waals surface area contributed by atoms with Crippen molar-refractivity contribution in [3.8, 4) is 11.5 Å². The van der Waals surface area contributed by atoms with Gasteiger partial charge in [-0.1, -0.05) is 29.8 Å². The average Bonchev–Trinajstić information content (AvgIpc) is 2.79. The second-order valence-electron chi connectivity index (χ2n) is 6.58. The molecule has 32 heavy (non-hydrogen) atoms. The Morgan fingerprint density at radius 1 is 0.812 bits per heavy atom. The Kier molecular flexibility index (Phi) is 7.72. The first-order valence-electron chi connectivity index (χ1n) is 9.62. The normalized spacial score (nSPS) is 10.5. The Bertz CT molecular complexity index is 1120. The molecule has 164 valence electrons. The van der Waals surface area contributed by atoms with Crippen molar-refractivity contribution in [1.82, 2.24) is 0 Å². The minimum atomic E-state index is -0.357. The van der Waals surface area contributed by atoms with Gasteiger partial charge in [-0.25, -0.2) is 4.79 Å². The number of carbonyl (C=O) groups excluding carboxylic acids is 2. The quantitative estimate of drug-likeness (QED) is 0.405. The molecule has 3 amide bonds. The number of hydrogen-bond acceptors (Lipinski definition) is 4. The number of carbonyl (C=O) groups is 2. The minimum absolute atomic E-state index is 0.321. The maximum absolute atomic E-state index is 12.2. The van der Waals surface area contributed by atoms with E-state index in [-0.39, 0.29) is 11.9 Å². The molecular formula is C24H22ClN3O4. The zero-order valence-corrected chi connectivity index (χ0v) is 18.3. The van der Waals surface area contributed by atoms with Gasteiger partial charge >= 0.3 is 6.03 Å². The summed E-state index contributed by atoms with van der Waals surface area (Å²) in [5, 5.41) is 8.60. The van der Waals surface area contributed by atoms with Gasteiger partial charge in [-0.2, -0.15) is 0 Å². The van der Waals surface area contributed by atoms with Crippen LogP contribution in [-0.2, 0) is 4.79 Å². The highest BCUT2D eigenvalue weighted by Crippen LogP contribution is 2.36. The summed E-state index contributed by atoms with van der Waals surface area (Å²) in [6.07, 6.45) is 3.00. The van der Waals surface area contributed by atoms with Crippen LogP contribution in [0, 0.1) is 0 Å². The third-order valence-corrected chi connectivity index (χ3v) is 4.61. The molecule has 7 nitrogen and oxygen atoms in total. The number of methoxy groups -OCH3 is 2. The van der Waals surface area contributed by atoms with Crippen LogP contribution in [0.1, 0.15) is 5.56 Å². The van der Waals surface area contributed by atoms with Crippen molar-refractivity contribution >= 4 is 46.7 Å². The summed E-state index contributed by atoms with van der Waals surface area (Å²) in [6.45, 7) is 0. The van der Waals surface area contributed by atoms with E-state index in [9.17, 15) is 9.59 Å². The molecular weight excluding hydrogens is 430 g/mol. The summed E-state index contributed by atoms with van der Waals surface area (Å²) >= 11 is 6.18. The second-order valence-corrected chi connectivity index (χ2v) is 6.99. The summed E-state index contributed by atoms with van der Waals surface area (Å²) in [6, 6.07) is 18.9. The van der Waals surface area contributed by atoms with Crippen LogP contribution >= 0.6 is 11.6 Å².